The van der Waals surface area contributed by atoms with E-state index in [9.17, 15) is 22.8 Å². The van der Waals surface area contributed by atoms with Crippen molar-refractivity contribution in [2.75, 3.05) is 11.9 Å². The van der Waals surface area contributed by atoms with E-state index in [4.69, 9.17) is 4.74 Å². The molecule has 1 unspecified atom stereocenters. The summed E-state index contributed by atoms with van der Waals surface area (Å²) in [7, 11) is -1.37. The summed E-state index contributed by atoms with van der Waals surface area (Å²) < 4.78 is 47.4. The van der Waals surface area contributed by atoms with Gasteiger partial charge in [0.15, 0.2) is 0 Å². The zero-order valence-corrected chi connectivity index (χ0v) is 21.3. The molecule has 3 rings (SSSR count). The Morgan fingerprint density at radius 2 is 1.91 bits per heavy atom. The van der Waals surface area contributed by atoms with Gasteiger partial charge in [-0.25, -0.2) is 4.68 Å². The van der Waals surface area contributed by atoms with Crippen molar-refractivity contribution in [3.05, 3.63) is 68.5 Å². The summed E-state index contributed by atoms with van der Waals surface area (Å²) in [5, 5.41) is 8.03. The van der Waals surface area contributed by atoms with Gasteiger partial charge < -0.3 is 15.0 Å². The second-order valence-electron chi connectivity index (χ2n) is 9.88. The highest BCUT2D eigenvalue weighted by atomic mass is 28.3. The topological polar surface area (TPSA) is 89.0 Å². The summed E-state index contributed by atoms with van der Waals surface area (Å²) in [4.78, 5) is 27.6. The van der Waals surface area contributed by atoms with E-state index >= 15 is 0 Å². The molecule has 0 spiro atoms. The molecule has 0 radical (unpaired) electrons. The molecule has 0 aliphatic carbocycles. The minimum absolute atomic E-state index is 0.210. The van der Waals surface area contributed by atoms with E-state index in [1.807, 2.05) is 18.2 Å². The number of halogens is 3. The Hall–Kier alpha value is -2.92. The van der Waals surface area contributed by atoms with Crippen LogP contribution in [0.1, 0.15) is 24.6 Å². The van der Waals surface area contributed by atoms with Gasteiger partial charge in [-0.05, 0) is 43.3 Å². The summed E-state index contributed by atoms with van der Waals surface area (Å²) in [5.41, 5.74) is -2.45. The fourth-order valence-corrected chi connectivity index (χ4v) is 4.36. The van der Waals surface area contributed by atoms with Crippen LogP contribution in [0.3, 0.4) is 0 Å². The van der Waals surface area contributed by atoms with Crippen LogP contribution < -0.4 is 16.4 Å². The van der Waals surface area contributed by atoms with E-state index in [1.165, 1.54) is 0 Å². The first-order chi connectivity index (χ1) is 16.3. The van der Waals surface area contributed by atoms with Crippen molar-refractivity contribution in [2.24, 2.45) is 0 Å². The maximum Gasteiger partial charge on any atom is 0.423 e. The third-order valence-electron chi connectivity index (χ3n) is 5.60. The Bertz CT molecular complexity index is 1280. The van der Waals surface area contributed by atoms with Gasteiger partial charge in [-0.2, -0.15) is 18.3 Å². The summed E-state index contributed by atoms with van der Waals surface area (Å²) in [6.07, 6.45) is -2.98. The number of hydrogen-bond donors (Lipinski definition) is 2. The van der Waals surface area contributed by atoms with Crippen molar-refractivity contribution >= 4 is 24.5 Å². The monoisotopic (exact) mass is 508 g/mol. The van der Waals surface area contributed by atoms with Crippen LogP contribution in [0.15, 0.2) is 46.1 Å². The number of hydrogen-bond acceptors (Lipinski definition) is 5. The first-order valence-electron chi connectivity index (χ1n) is 11.5. The summed E-state index contributed by atoms with van der Waals surface area (Å²) in [6, 6.07) is 9.44. The molecule has 1 atom stereocenters. The molecule has 0 aliphatic rings. The largest absolute Gasteiger partial charge is 0.423 e. The number of ether oxygens (including phenoxy) is 1. The molecular weight excluding hydrogens is 477 g/mol. The normalized spacial score (nSPS) is 13.2. The highest BCUT2D eigenvalue weighted by molar-refractivity contribution is 6.76. The van der Waals surface area contributed by atoms with Gasteiger partial charge in [-0.3, -0.25) is 9.59 Å². The summed E-state index contributed by atoms with van der Waals surface area (Å²) in [5.74, 6) is 0. The van der Waals surface area contributed by atoms with Crippen molar-refractivity contribution in [3.63, 3.8) is 0 Å². The first kappa shape index (κ1) is 26.7. The predicted molar refractivity (Wildman–Crippen MR) is 134 cm³/mol. The number of nitrogens with one attached hydrogen (secondary N) is 2. The second kappa shape index (κ2) is 10.8. The Morgan fingerprint density at radius 3 is 2.60 bits per heavy atom. The molecule has 2 N–H and O–H groups in total. The SMILES string of the molecule is CC(CCc1cc2ccccc2c(=O)[nH]1)Nc1cnn(COCC[Si](C)(C)C)c(=O)c1C(F)(F)F. The molecule has 7 nitrogen and oxygen atoms in total. The number of aryl methyl sites for hydroxylation is 1. The molecule has 2 aromatic heterocycles. The van der Waals surface area contributed by atoms with Crippen LogP contribution in [0, 0.1) is 0 Å². The highest BCUT2D eigenvalue weighted by Gasteiger charge is 2.38. The Labute approximate surface area is 202 Å². The minimum atomic E-state index is -4.86. The van der Waals surface area contributed by atoms with Crippen LogP contribution in [0.4, 0.5) is 18.9 Å². The minimum Gasteiger partial charge on any atom is -0.381 e. The number of anilines is 1. The number of pyridine rings is 1. The number of aromatic nitrogens is 3. The number of benzene rings is 1. The number of rotatable bonds is 10. The summed E-state index contributed by atoms with van der Waals surface area (Å²) >= 11 is 0. The zero-order chi connectivity index (χ0) is 25.8. The lowest BCUT2D eigenvalue weighted by Gasteiger charge is -2.20. The van der Waals surface area contributed by atoms with Crippen LogP contribution in [0.2, 0.25) is 25.7 Å². The maximum atomic E-state index is 13.8. The van der Waals surface area contributed by atoms with Gasteiger partial charge in [-0.1, -0.05) is 37.8 Å². The van der Waals surface area contributed by atoms with Crippen LogP contribution in [0.25, 0.3) is 10.8 Å². The quantitative estimate of drug-likeness (QED) is 0.302. The first-order valence-corrected chi connectivity index (χ1v) is 15.2. The van der Waals surface area contributed by atoms with Crippen molar-refractivity contribution in [1.29, 1.82) is 0 Å². The average Bonchev–Trinajstić information content (AvgIpc) is 2.75. The van der Waals surface area contributed by atoms with Gasteiger partial charge in [0, 0.05) is 31.8 Å². The van der Waals surface area contributed by atoms with Gasteiger partial charge in [0.2, 0.25) is 0 Å². The van der Waals surface area contributed by atoms with Crippen molar-refractivity contribution in [1.82, 2.24) is 14.8 Å². The predicted octanol–water partition coefficient (Wildman–Crippen LogP) is 4.85. The van der Waals surface area contributed by atoms with Crippen LogP contribution in [0.5, 0.6) is 0 Å². The number of aromatic amines is 1. The van der Waals surface area contributed by atoms with Crippen LogP contribution in [-0.2, 0) is 24.1 Å². The average molecular weight is 509 g/mol. The number of fused-ring (bicyclic) bond motifs is 1. The fourth-order valence-electron chi connectivity index (χ4n) is 3.60. The number of H-pyrrole nitrogens is 1. The molecule has 0 amide bonds. The van der Waals surface area contributed by atoms with Crippen LogP contribution in [-0.4, -0.2) is 35.5 Å². The third-order valence-corrected chi connectivity index (χ3v) is 7.30. The molecule has 0 saturated carbocycles. The molecule has 3 aromatic rings. The van der Waals surface area contributed by atoms with Gasteiger partial charge in [0.1, 0.15) is 12.3 Å². The third kappa shape index (κ3) is 7.28. The zero-order valence-electron chi connectivity index (χ0n) is 20.3. The standard InChI is InChI=1S/C24H31F3N4O3Si/c1-16(9-10-18-13-17-7-5-6-8-19(17)22(32)30-18)29-20-14-28-31(15-34-11-12-35(2,3)4)23(33)21(20)24(25,26)27/h5-8,13-14,16,29H,9-12,15H2,1-4H3,(H,30,32). The van der Waals surface area contributed by atoms with Crippen molar-refractivity contribution in [3.8, 4) is 0 Å². The highest BCUT2D eigenvalue weighted by Crippen LogP contribution is 2.32. The fraction of sp³-hybridized carbons (Fsp3) is 0.458. The van der Waals surface area contributed by atoms with E-state index in [0.717, 1.165) is 17.6 Å². The van der Waals surface area contributed by atoms with Crippen LogP contribution >= 0.6 is 0 Å². The van der Waals surface area contributed by atoms with E-state index in [0.29, 0.717) is 35.2 Å². The molecule has 2 heterocycles. The summed E-state index contributed by atoms with van der Waals surface area (Å²) in [6.45, 7) is 8.20. The Kier molecular flexibility index (Phi) is 8.21. The molecule has 0 fully saturated rings. The van der Waals surface area contributed by atoms with E-state index < -0.39 is 31.4 Å². The Balaban J connectivity index is 1.71. The maximum absolute atomic E-state index is 13.8. The van der Waals surface area contributed by atoms with Crippen molar-refractivity contribution < 1.29 is 17.9 Å². The Morgan fingerprint density at radius 1 is 1.20 bits per heavy atom. The number of alkyl halides is 3. The lowest BCUT2D eigenvalue weighted by atomic mass is 10.1. The molecular formula is C24H31F3N4O3Si. The molecule has 190 valence electrons. The number of nitrogens with zero attached hydrogens (tertiary/aromatic N) is 2. The van der Waals surface area contributed by atoms with Gasteiger partial charge >= 0.3 is 6.18 Å². The van der Waals surface area contributed by atoms with Gasteiger partial charge in [-0.15, -0.1) is 0 Å². The molecule has 0 aliphatic heterocycles. The lowest BCUT2D eigenvalue weighted by Crippen LogP contribution is -2.34. The second-order valence-corrected chi connectivity index (χ2v) is 15.5. The molecule has 0 bridgehead atoms. The van der Waals surface area contributed by atoms with Gasteiger partial charge in [0.05, 0.1) is 11.9 Å². The van der Waals surface area contributed by atoms with E-state index in [2.05, 4.69) is 35.0 Å². The molecule has 35 heavy (non-hydrogen) atoms. The van der Waals surface area contributed by atoms with E-state index in [1.54, 1.807) is 19.1 Å². The molecule has 1 aromatic carbocycles. The van der Waals surface area contributed by atoms with Gasteiger partial charge in [0.25, 0.3) is 11.1 Å². The smallest absolute Gasteiger partial charge is 0.381 e. The van der Waals surface area contributed by atoms with E-state index in [-0.39, 0.29) is 18.0 Å². The molecule has 0 saturated heterocycles. The lowest BCUT2D eigenvalue weighted by molar-refractivity contribution is -0.138. The molecule has 11 heteroatoms. The van der Waals surface area contributed by atoms with Crippen molar-refractivity contribution in [2.45, 2.75) is 64.4 Å².